The minimum Gasteiger partial charge on any atom is -0.494 e. The van der Waals surface area contributed by atoms with Crippen LogP contribution in [-0.4, -0.2) is 7.11 Å². The van der Waals surface area contributed by atoms with Gasteiger partial charge in [-0.05, 0) is 49.2 Å². The van der Waals surface area contributed by atoms with E-state index in [1.54, 1.807) is 12.1 Å². The molecular formula is C17H19ClFNO. The van der Waals surface area contributed by atoms with Crippen LogP contribution in [0.1, 0.15) is 37.1 Å². The molecule has 1 N–H and O–H groups in total. The molecule has 0 aliphatic carbocycles. The third-order valence-corrected chi connectivity index (χ3v) is 3.80. The van der Waals surface area contributed by atoms with Gasteiger partial charge in [0, 0.05) is 17.1 Å². The number of rotatable bonds is 5. The minimum atomic E-state index is -0.348. The predicted octanol–water partition coefficient (Wildman–Crippen LogP) is 4.90. The lowest BCUT2D eigenvalue weighted by atomic mass is 10.0. The Hall–Kier alpha value is -1.58. The normalized spacial score (nSPS) is 13.8. The Morgan fingerprint density at radius 2 is 1.57 bits per heavy atom. The lowest BCUT2D eigenvalue weighted by Crippen LogP contribution is -2.22. The van der Waals surface area contributed by atoms with E-state index in [4.69, 9.17) is 16.3 Å². The van der Waals surface area contributed by atoms with E-state index in [0.29, 0.717) is 0 Å². The summed E-state index contributed by atoms with van der Waals surface area (Å²) in [5, 5.41) is 4.21. The lowest BCUT2D eigenvalue weighted by molar-refractivity contribution is 0.384. The van der Waals surface area contributed by atoms with Gasteiger partial charge in [-0.15, -0.1) is 0 Å². The molecule has 0 bridgehead atoms. The maximum atomic E-state index is 13.4. The molecule has 2 aromatic carbocycles. The second kappa shape index (κ2) is 6.92. The molecule has 2 atom stereocenters. The van der Waals surface area contributed by atoms with E-state index < -0.39 is 0 Å². The third-order valence-electron chi connectivity index (χ3n) is 3.55. The van der Waals surface area contributed by atoms with Crippen molar-refractivity contribution in [1.82, 2.24) is 5.32 Å². The lowest BCUT2D eigenvalue weighted by Gasteiger charge is -2.21. The number of nitrogens with one attached hydrogen (secondary N) is 1. The van der Waals surface area contributed by atoms with E-state index in [0.717, 1.165) is 16.1 Å². The first-order valence-corrected chi connectivity index (χ1v) is 7.24. The summed E-state index contributed by atoms with van der Waals surface area (Å²) < 4.78 is 18.5. The second-order valence-corrected chi connectivity index (χ2v) is 5.49. The van der Waals surface area contributed by atoms with Crippen LogP contribution >= 0.6 is 11.6 Å². The molecule has 4 heteroatoms. The number of hydrogen-bond acceptors (Lipinski definition) is 2. The highest BCUT2D eigenvalue weighted by Crippen LogP contribution is 2.25. The van der Waals surface area contributed by atoms with Gasteiger partial charge < -0.3 is 10.1 Å². The first-order valence-electron chi connectivity index (χ1n) is 6.86. The Morgan fingerprint density at radius 3 is 2.19 bits per heavy atom. The Bertz CT molecular complexity index is 600. The summed E-state index contributed by atoms with van der Waals surface area (Å²) in [6.07, 6.45) is 0. The quantitative estimate of drug-likeness (QED) is 0.848. The third kappa shape index (κ3) is 3.96. The molecule has 0 heterocycles. The number of ether oxygens (including phenoxy) is 1. The van der Waals surface area contributed by atoms with Crippen molar-refractivity contribution in [2.45, 2.75) is 25.9 Å². The molecule has 0 spiro atoms. The molecule has 0 saturated heterocycles. The molecule has 0 amide bonds. The maximum absolute atomic E-state index is 13.4. The van der Waals surface area contributed by atoms with Crippen LogP contribution in [0.25, 0.3) is 0 Å². The van der Waals surface area contributed by atoms with Gasteiger partial charge >= 0.3 is 0 Å². The first-order chi connectivity index (χ1) is 10.0. The Kier molecular flexibility index (Phi) is 5.21. The maximum Gasteiger partial charge on any atom is 0.165 e. The van der Waals surface area contributed by atoms with Crippen molar-refractivity contribution in [3.8, 4) is 5.75 Å². The molecule has 2 rings (SSSR count). The monoisotopic (exact) mass is 307 g/mol. The van der Waals surface area contributed by atoms with Gasteiger partial charge in [-0.2, -0.15) is 0 Å². The molecular weight excluding hydrogens is 289 g/mol. The smallest absolute Gasteiger partial charge is 0.165 e. The summed E-state index contributed by atoms with van der Waals surface area (Å²) in [7, 11) is 1.47. The largest absolute Gasteiger partial charge is 0.494 e. The molecule has 0 fully saturated rings. The van der Waals surface area contributed by atoms with Crippen molar-refractivity contribution in [1.29, 1.82) is 0 Å². The fourth-order valence-electron chi connectivity index (χ4n) is 2.26. The van der Waals surface area contributed by atoms with Crippen molar-refractivity contribution in [3.05, 3.63) is 64.4 Å². The predicted molar refractivity (Wildman–Crippen MR) is 84.4 cm³/mol. The van der Waals surface area contributed by atoms with Crippen molar-refractivity contribution < 1.29 is 9.13 Å². The number of benzene rings is 2. The van der Waals surface area contributed by atoms with Crippen molar-refractivity contribution in [3.63, 3.8) is 0 Å². The zero-order valence-electron chi connectivity index (χ0n) is 12.4. The topological polar surface area (TPSA) is 21.3 Å². The van der Waals surface area contributed by atoms with Crippen LogP contribution in [0, 0.1) is 5.82 Å². The van der Waals surface area contributed by atoms with Crippen LogP contribution in [-0.2, 0) is 0 Å². The van der Waals surface area contributed by atoms with Crippen LogP contribution < -0.4 is 10.1 Å². The van der Waals surface area contributed by atoms with Gasteiger partial charge in [0.2, 0.25) is 0 Å². The van der Waals surface area contributed by atoms with Gasteiger partial charge in [-0.1, -0.05) is 29.8 Å². The van der Waals surface area contributed by atoms with Crippen LogP contribution in [0.5, 0.6) is 5.75 Å². The highest BCUT2D eigenvalue weighted by Gasteiger charge is 2.13. The highest BCUT2D eigenvalue weighted by atomic mass is 35.5. The van der Waals surface area contributed by atoms with E-state index >= 15 is 0 Å². The molecule has 2 nitrogen and oxygen atoms in total. The van der Waals surface area contributed by atoms with Gasteiger partial charge in [0.15, 0.2) is 11.6 Å². The minimum absolute atomic E-state index is 0.0742. The zero-order chi connectivity index (χ0) is 15.4. The van der Waals surface area contributed by atoms with Crippen LogP contribution in [0.2, 0.25) is 5.02 Å². The first kappa shape index (κ1) is 15.8. The van der Waals surface area contributed by atoms with Crippen LogP contribution in [0.4, 0.5) is 4.39 Å². The standard InChI is InChI=1S/C17H19ClFNO/c1-11(13-4-7-15(18)8-5-13)20-12(2)14-6-9-16(19)17(10-14)21-3/h4-12,20H,1-3H3. The Balaban J connectivity index is 2.10. The van der Waals surface area contributed by atoms with Crippen molar-refractivity contribution in [2.75, 3.05) is 7.11 Å². The molecule has 0 aliphatic heterocycles. The molecule has 0 aromatic heterocycles. The van der Waals surface area contributed by atoms with E-state index in [1.165, 1.54) is 13.2 Å². The summed E-state index contributed by atoms with van der Waals surface area (Å²) >= 11 is 5.90. The van der Waals surface area contributed by atoms with Crippen LogP contribution in [0.15, 0.2) is 42.5 Å². The summed E-state index contributed by atoms with van der Waals surface area (Å²) in [5.74, 6) is -0.0838. The highest BCUT2D eigenvalue weighted by molar-refractivity contribution is 6.30. The summed E-state index contributed by atoms with van der Waals surface area (Å²) in [5.41, 5.74) is 2.13. The molecule has 112 valence electrons. The van der Waals surface area contributed by atoms with Gasteiger partial charge in [0.05, 0.1) is 7.11 Å². The summed E-state index contributed by atoms with van der Waals surface area (Å²) in [6, 6.07) is 12.9. The molecule has 0 saturated carbocycles. The Labute approximate surface area is 129 Å². The van der Waals surface area contributed by atoms with E-state index in [1.807, 2.05) is 31.2 Å². The van der Waals surface area contributed by atoms with Crippen molar-refractivity contribution in [2.24, 2.45) is 0 Å². The SMILES string of the molecule is COc1cc(C(C)NC(C)c2ccc(Cl)cc2)ccc1F. The summed E-state index contributed by atoms with van der Waals surface area (Å²) in [4.78, 5) is 0. The summed E-state index contributed by atoms with van der Waals surface area (Å²) in [6.45, 7) is 4.12. The van der Waals surface area contributed by atoms with E-state index in [-0.39, 0.29) is 23.7 Å². The average Bonchev–Trinajstić information content (AvgIpc) is 2.48. The average molecular weight is 308 g/mol. The molecule has 21 heavy (non-hydrogen) atoms. The zero-order valence-corrected chi connectivity index (χ0v) is 13.1. The van der Waals surface area contributed by atoms with Crippen LogP contribution in [0.3, 0.4) is 0 Å². The van der Waals surface area contributed by atoms with Gasteiger partial charge in [-0.3, -0.25) is 0 Å². The Morgan fingerprint density at radius 1 is 1.00 bits per heavy atom. The fourth-order valence-corrected chi connectivity index (χ4v) is 2.39. The van der Waals surface area contributed by atoms with Gasteiger partial charge in [-0.25, -0.2) is 4.39 Å². The molecule has 0 radical (unpaired) electrons. The number of halogens is 2. The van der Waals surface area contributed by atoms with E-state index in [9.17, 15) is 4.39 Å². The van der Waals surface area contributed by atoms with Crippen molar-refractivity contribution >= 4 is 11.6 Å². The fraction of sp³-hybridized carbons (Fsp3) is 0.294. The van der Waals surface area contributed by atoms with E-state index in [2.05, 4.69) is 12.2 Å². The van der Waals surface area contributed by atoms with Gasteiger partial charge in [0.1, 0.15) is 0 Å². The van der Waals surface area contributed by atoms with Gasteiger partial charge in [0.25, 0.3) is 0 Å². The number of methoxy groups -OCH3 is 1. The molecule has 2 aromatic rings. The molecule has 2 unspecified atom stereocenters. The second-order valence-electron chi connectivity index (χ2n) is 5.06. The molecule has 0 aliphatic rings. The number of hydrogen-bond donors (Lipinski definition) is 1.